The molecule has 2 atom stereocenters. The van der Waals surface area contributed by atoms with Crippen LogP contribution in [0.4, 0.5) is 17.6 Å². The van der Waals surface area contributed by atoms with Gasteiger partial charge in [-0.2, -0.15) is 25.2 Å². The molecule has 3 spiro atoms. The number of benzene rings is 2. The van der Waals surface area contributed by atoms with E-state index in [-0.39, 0.29) is 70.3 Å². The maximum absolute atomic E-state index is 12.2. The zero-order valence-corrected chi connectivity index (χ0v) is 67.2. The predicted octanol–water partition coefficient (Wildman–Crippen LogP) is 7.83. The number of carbonyl (C=O) groups is 5. The lowest BCUT2D eigenvalue weighted by atomic mass is 9.79. The number of nitrogens with zero attached hydrogens (tertiary/aromatic N) is 10. The first kappa shape index (κ1) is 85.9. The third kappa shape index (κ3) is 22.8. The zero-order valence-electron chi connectivity index (χ0n) is 65.7. The summed E-state index contributed by atoms with van der Waals surface area (Å²) in [5.41, 5.74) is 9.03. The molecular weight excluding hydrogens is 1490 g/mol. The van der Waals surface area contributed by atoms with Crippen molar-refractivity contribution in [2.45, 2.75) is 194 Å². The van der Waals surface area contributed by atoms with Crippen molar-refractivity contribution in [1.29, 1.82) is 5.26 Å². The summed E-state index contributed by atoms with van der Waals surface area (Å²) in [5.74, 6) is 2.32. The zero-order chi connectivity index (χ0) is 80.2. The van der Waals surface area contributed by atoms with Crippen molar-refractivity contribution in [2.24, 2.45) is 5.73 Å². The minimum Gasteiger partial charge on any atom is -0.389 e. The minimum atomic E-state index is -0.931. The largest absolute Gasteiger partial charge is 0.389 e. The molecule has 18 rings (SSSR count). The second kappa shape index (κ2) is 39.6. The first-order valence-electron chi connectivity index (χ1n) is 40.1. The Labute approximate surface area is 671 Å². The van der Waals surface area contributed by atoms with Crippen molar-refractivity contribution in [3.05, 3.63) is 89.2 Å². The van der Waals surface area contributed by atoms with Gasteiger partial charge >= 0.3 is 0 Å². The summed E-state index contributed by atoms with van der Waals surface area (Å²) in [6, 6.07) is 25.0. The van der Waals surface area contributed by atoms with Crippen LogP contribution in [0.25, 0.3) is 44.6 Å². The van der Waals surface area contributed by atoms with E-state index in [1.54, 1.807) is 32.3 Å². The number of morpholine rings is 5. The predicted molar refractivity (Wildman–Crippen MR) is 432 cm³/mol. The molecule has 29 nitrogen and oxygen atoms in total. The highest BCUT2D eigenvalue weighted by atomic mass is 35.5. The van der Waals surface area contributed by atoms with Crippen LogP contribution in [0.1, 0.15) is 169 Å². The fraction of sp³-hybridized carbons (Fsp3) is 0.610. The van der Waals surface area contributed by atoms with Crippen molar-refractivity contribution in [2.75, 3.05) is 140 Å². The van der Waals surface area contributed by atoms with Crippen LogP contribution in [-0.2, 0) is 38.1 Å². The van der Waals surface area contributed by atoms with Gasteiger partial charge in [0.05, 0.1) is 108 Å². The molecule has 2 aromatic carbocycles. The molecule has 113 heavy (non-hydrogen) atoms. The van der Waals surface area contributed by atoms with Crippen molar-refractivity contribution in [3.63, 3.8) is 0 Å². The van der Waals surface area contributed by atoms with Crippen molar-refractivity contribution < 1.29 is 63.0 Å². The van der Waals surface area contributed by atoms with E-state index in [0.29, 0.717) is 98.8 Å². The number of nitrogens with two attached hydrogens (primary N) is 1. The third-order valence-corrected chi connectivity index (χ3v) is 23.6. The Morgan fingerprint density at radius 2 is 1.13 bits per heavy atom. The smallest absolute Gasteiger partial charge is 0.251 e. The van der Waals surface area contributed by atoms with Crippen LogP contribution < -0.4 is 47.0 Å². The normalized spacial score (nSPS) is 22.4. The Hall–Kier alpha value is -7.96. The third-order valence-electron chi connectivity index (χ3n) is 23.2. The molecule has 5 aliphatic heterocycles. The lowest BCUT2D eigenvalue weighted by Crippen LogP contribution is -2.56. The fourth-order valence-electron chi connectivity index (χ4n) is 14.6. The molecule has 7 saturated carbocycles. The van der Waals surface area contributed by atoms with E-state index in [0.717, 1.165) is 182 Å². The molecule has 9 heterocycles. The van der Waals surface area contributed by atoms with E-state index >= 15 is 0 Å². The van der Waals surface area contributed by atoms with Gasteiger partial charge in [0.1, 0.15) is 29.9 Å². The highest BCUT2D eigenvalue weighted by Gasteiger charge is 2.45. The van der Waals surface area contributed by atoms with Crippen molar-refractivity contribution in [3.8, 4) is 28.6 Å². The number of nitriles is 1. The van der Waals surface area contributed by atoms with Gasteiger partial charge in [0.15, 0.2) is 16.9 Å². The van der Waals surface area contributed by atoms with E-state index in [9.17, 15) is 29.1 Å². The molecule has 7 aliphatic carbocycles. The maximum Gasteiger partial charge on any atom is 0.251 e. The van der Waals surface area contributed by atoms with Crippen LogP contribution >= 0.6 is 23.2 Å². The number of pyridine rings is 2. The number of amides is 4. The summed E-state index contributed by atoms with van der Waals surface area (Å²) in [5, 5.41) is 51.5. The number of hydrogen-bond donors (Lipinski definition) is 9. The molecule has 0 bridgehead atoms. The molecule has 0 unspecified atom stereocenters. The molecular formula is C82H112Cl2N16O13. The van der Waals surface area contributed by atoms with E-state index < -0.39 is 16.8 Å². The maximum atomic E-state index is 12.2. The van der Waals surface area contributed by atoms with Gasteiger partial charge in [-0.1, -0.05) is 24.3 Å². The Morgan fingerprint density at radius 3 is 1.52 bits per heavy atom. The Bertz CT molecular complexity index is 4250. The quantitative estimate of drug-likeness (QED) is 0.0339. The number of aliphatic hydroxyl groups is 3. The van der Waals surface area contributed by atoms with Gasteiger partial charge in [-0.3, -0.25) is 24.0 Å². The van der Waals surface area contributed by atoms with Crippen LogP contribution in [-0.4, -0.2) is 245 Å². The van der Waals surface area contributed by atoms with Crippen LogP contribution in [0.15, 0.2) is 72.8 Å². The minimum absolute atomic E-state index is 0.0255. The lowest BCUT2D eigenvalue weighted by Gasteiger charge is -2.48. The topological polar surface area (TPSA) is 389 Å². The summed E-state index contributed by atoms with van der Waals surface area (Å²) in [7, 11) is 3.24. The number of ketones is 1. The number of halogens is 2. The Morgan fingerprint density at radius 1 is 0.619 bits per heavy atom. The SMILES string of the molecule is C1CC2(C1)CNCCO2.CNC(=O)c1cccc(-c2ccc3c(N4CCOC[C@@H]4C)nc(Cl)nc3n2)c1.CNC(=O)c1cccc(-c2ccc3c(N4CCOC[C@@H]4C)nc(N4CCOC5(CCC5)C4)nc3n2)c1.N#CC1(O)CCC1.NCC1(O)CCC1.O=C(CCl)NCC1(O)CCC1.O=C1CCC1.O=C1COC2(CCC2)CN1. The molecule has 5 saturated heterocycles. The van der Waals surface area contributed by atoms with Gasteiger partial charge in [-0.15, -0.1) is 11.6 Å². The number of rotatable bonds is 11. The first-order valence-corrected chi connectivity index (χ1v) is 41.0. The van der Waals surface area contributed by atoms with Crippen LogP contribution in [0.3, 0.4) is 0 Å². The van der Waals surface area contributed by atoms with E-state index in [1.165, 1.54) is 32.1 Å². The summed E-state index contributed by atoms with van der Waals surface area (Å²) >= 11 is 11.5. The number of aromatic nitrogens is 6. The molecule has 12 aliphatic rings. The summed E-state index contributed by atoms with van der Waals surface area (Å²) in [6.07, 6.45) is 21.6. The number of nitrogens with one attached hydrogen (secondary N) is 5. The number of hydrogen-bond acceptors (Lipinski definition) is 25. The van der Waals surface area contributed by atoms with Crippen LogP contribution in [0.2, 0.25) is 5.28 Å². The number of Topliss-reactive ketones (excluding diaryl/α,β-unsaturated/α-hetero) is 1. The molecule has 0 radical (unpaired) electrons. The Kier molecular flexibility index (Phi) is 30.1. The summed E-state index contributed by atoms with van der Waals surface area (Å²) < 4.78 is 28.4. The fourth-order valence-corrected chi connectivity index (χ4v) is 14.9. The highest BCUT2D eigenvalue weighted by Crippen LogP contribution is 2.42. The number of ether oxygens (including phenoxy) is 5. The van der Waals surface area contributed by atoms with Gasteiger partial charge in [-0.05, 0) is 196 Å². The number of anilines is 3. The van der Waals surface area contributed by atoms with Gasteiger partial charge < -0.3 is 86.0 Å². The second-order valence-corrected chi connectivity index (χ2v) is 32.1. The van der Waals surface area contributed by atoms with Crippen LogP contribution in [0, 0.1) is 11.3 Å². The molecule has 4 amide bonds. The molecule has 31 heteroatoms. The Balaban J connectivity index is 0.000000142. The lowest BCUT2D eigenvalue weighted by molar-refractivity contribution is -0.155. The van der Waals surface area contributed by atoms with Gasteiger partial charge in [0, 0.05) is 108 Å². The molecule has 4 aromatic heterocycles. The first-order chi connectivity index (χ1) is 54.4. The number of carbonyl (C=O) groups excluding carboxylic acids is 5. The van der Waals surface area contributed by atoms with Crippen molar-refractivity contribution >= 4 is 92.3 Å². The second-order valence-electron chi connectivity index (χ2n) is 31.5. The van der Waals surface area contributed by atoms with E-state index in [4.69, 9.17) is 83.0 Å². The molecule has 6 aromatic rings. The van der Waals surface area contributed by atoms with E-state index in [1.807, 2.05) is 54.6 Å². The molecule has 12 fully saturated rings. The number of fused-ring (bicyclic) bond motifs is 2. The number of alkyl halides is 1. The molecule has 612 valence electrons. The van der Waals surface area contributed by atoms with E-state index in [2.05, 4.69) is 76.1 Å². The average Bonchev–Trinajstić information content (AvgIpc) is 0.759. The summed E-state index contributed by atoms with van der Waals surface area (Å²) in [4.78, 5) is 90.6. The van der Waals surface area contributed by atoms with Gasteiger partial charge in [0.25, 0.3) is 11.8 Å². The highest BCUT2D eigenvalue weighted by molar-refractivity contribution is 6.29. The molecule has 10 N–H and O–H groups in total. The standard InChI is InChI=1S/C27H32N6O3.C20H20ClN5O2.C7H12ClNO2.C7H11NO2.C7H13NO.C5H11NO.C5H7NO.C4H6O/c1-18-16-35-13-12-33(18)24-21-7-8-22(19-5-3-6-20(15-19)25(34)28-2)29-23(21)30-26(31-24)32-11-14-36-27(17-32)9-4-10-27;1-12-11-28-9-8-26(12)18-15-6-7-16(23-17(15)24-20(21)25-18)13-4-3-5-14(10-13)19(27)22-2;8-4-6(10)9-5-7(11)2-1-3-7;9-6-4-10-7(5-8-6)2-1-3-7;1-2-7(3-1)6-8-4-5-9-7;2*6-4-5(7)2-1-3-5;5-4-2-1-3-4/h3,5-8,15,18H,4,9-14,16-17H2,1-2H3,(H,28,34);3-7,10,12H,8-9,11H2,1-2H3,(H,22,27);11H,1-5H2,(H,9,10);1-5H2,(H,8,9);8H,1-6H2;7H,1-4,6H2;7H,1-3H2;1-3H2/t18-;12-;;;;;;/m00....../s1. The monoisotopic (exact) mass is 1600 g/mol. The van der Waals surface area contributed by atoms with Crippen molar-refractivity contribution in [1.82, 2.24) is 56.5 Å². The summed E-state index contributed by atoms with van der Waals surface area (Å²) in [6.45, 7) is 15.5. The van der Waals surface area contributed by atoms with Gasteiger partial charge in [0.2, 0.25) is 23.0 Å². The van der Waals surface area contributed by atoms with Gasteiger partial charge in [-0.25, -0.2) is 9.97 Å². The average molecular weight is 1600 g/mol. The van der Waals surface area contributed by atoms with Crippen LogP contribution in [0.5, 0.6) is 0 Å².